The molecule has 0 fully saturated rings. The smallest absolute Gasteiger partial charge is 0.226 e. The summed E-state index contributed by atoms with van der Waals surface area (Å²) in [5.41, 5.74) is 3.09. The molecule has 5 heteroatoms. The molecule has 0 saturated heterocycles. The van der Waals surface area contributed by atoms with E-state index in [-0.39, 0.29) is 17.7 Å². The summed E-state index contributed by atoms with van der Waals surface area (Å²) in [6.45, 7) is 6.95. The molecule has 0 bridgehead atoms. The summed E-state index contributed by atoms with van der Waals surface area (Å²) in [4.78, 5) is 16.8. The van der Waals surface area contributed by atoms with Gasteiger partial charge in [0.2, 0.25) is 5.91 Å². The predicted molar refractivity (Wildman–Crippen MR) is 101 cm³/mol. The van der Waals surface area contributed by atoms with E-state index in [4.69, 9.17) is 4.42 Å². The molecule has 0 radical (unpaired) electrons. The lowest BCUT2D eigenvalue weighted by atomic mass is 9.84. The maximum absolute atomic E-state index is 12.3. The Kier molecular flexibility index (Phi) is 5.04. The van der Waals surface area contributed by atoms with Crippen LogP contribution in [0.1, 0.15) is 30.7 Å². The maximum Gasteiger partial charge on any atom is 0.226 e. The van der Waals surface area contributed by atoms with Gasteiger partial charge < -0.3 is 9.73 Å². The van der Waals surface area contributed by atoms with E-state index in [2.05, 4.69) is 55.3 Å². The Morgan fingerprint density at radius 3 is 2.84 bits per heavy atom. The van der Waals surface area contributed by atoms with E-state index in [9.17, 15) is 4.79 Å². The average Bonchev–Trinajstić information content (AvgIpc) is 3.24. The lowest BCUT2D eigenvalue weighted by Gasteiger charge is -2.26. The second kappa shape index (κ2) is 7.23. The zero-order valence-corrected chi connectivity index (χ0v) is 15.5. The molecular weight excluding hydrogens is 332 g/mol. The van der Waals surface area contributed by atoms with Crippen LogP contribution in [0, 0.1) is 6.92 Å². The normalized spacial score (nSPS) is 11.5. The third-order valence-corrected chi connectivity index (χ3v) is 5.06. The Hall–Kier alpha value is -2.40. The van der Waals surface area contributed by atoms with E-state index in [0.29, 0.717) is 6.54 Å². The fourth-order valence-electron chi connectivity index (χ4n) is 2.62. The fourth-order valence-corrected chi connectivity index (χ4v) is 3.40. The zero-order valence-electron chi connectivity index (χ0n) is 14.7. The Bertz CT molecular complexity index is 850. The van der Waals surface area contributed by atoms with Gasteiger partial charge >= 0.3 is 0 Å². The van der Waals surface area contributed by atoms with Crippen molar-refractivity contribution in [2.75, 3.05) is 6.54 Å². The molecule has 2 heterocycles. The first kappa shape index (κ1) is 17.4. The fraction of sp³-hybridized carbons (Fsp3) is 0.300. The molecule has 0 aliphatic rings. The number of aromatic nitrogens is 1. The molecule has 0 spiro atoms. The highest BCUT2D eigenvalue weighted by Gasteiger charge is 2.21. The van der Waals surface area contributed by atoms with Crippen molar-refractivity contribution in [3.63, 3.8) is 0 Å². The van der Waals surface area contributed by atoms with Crippen LogP contribution in [0.5, 0.6) is 0 Å². The van der Waals surface area contributed by atoms with Gasteiger partial charge in [-0.25, -0.2) is 4.98 Å². The number of furan rings is 1. The molecule has 3 rings (SSSR count). The number of amides is 1. The number of thiazole rings is 1. The maximum atomic E-state index is 12.3. The van der Waals surface area contributed by atoms with Gasteiger partial charge in [0.15, 0.2) is 10.8 Å². The predicted octanol–water partition coefficient (Wildman–Crippen LogP) is 4.35. The molecular formula is C20H22N2O2S. The van der Waals surface area contributed by atoms with E-state index in [1.807, 2.05) is 17.5 Å². The summed E-state index contributed by atoms with van der Waals surface area (Å²) in [5, 5.41) is 5.74. The van der Waals surface area contributed by atoms with Gasteiger partial charge in [-0.05, 0) is 24.6 Å². The van der Waals surface area contributed by atoms with Gasteiger partial charge in [-0.3, -0.25) is 4.79 Å². The van der Waals surface area contributed by atoms with Crippen LogP contribution in [-0.2, 0) is 16.6 Å². The Morgan fingerprint density at radius 1 is 1.28 bits per heavy atom. The number of rotatable bonds is 6. The minimum Gasteiger partial charge on any atom is -0.462 e. The first-order chi connectivity index (χ1) is 11.9. The van der Waals surface area contributed by atoms with Crippen LogP contribution in [0.25, 0.3) is 10.8 Å². The van der Waals surface area contributed by atoms with Crippen molar-refractivity contribution in [2.24, 2.45) is 0 Å². The number of aryl methyl sites for hydroxylation is 1. The van der Waals surface area contributed by atoms with Gasteiger partial charge in [-0.2, -0.15) is 0 Å². The summed E-state index contributed by atoms with van der Waals surface area (Å²) >= 11 is 1.49. The van der Waals surface area contributed by atoms with E-state index >= 15 is 0 Å². The lowest BCUT2D eigenvalue weighted by molar-refractivity contribution is -0.120. The van der Waals surface area contributed by atoms with Crippen LogP contribution in [0.3, 0.4) is 0 Å². The monoisotopic (exact) mass is 354 g/mol. The van der Waals surface area contributed by atoms with Gasteiger partial charge in [-0.1, -0.05) is 43.7 Å². The van der Waals surface area contributed by atoms with Gasteiger partial charge in [0, 0.05) is 17.3 Å². The van der Waals surface area contributed by atoms with Crippen molar-refractivity contribution in [1.29, 1.82) is 0 Å². The molecule has 3 aromatic rings. The number of carbonyl (C=O) groups excluding carboxylic acids is 1. The quantitative estimate of drug-likeness (QED) is 0.716. The molecule has 0 saturated carbocycles. The number of hydrogen-bond acceptors (Lipinski definition) is 4. The Morgan fingerprint density at radius 2 is 2.12 bits per heavy atom. The molecule has 1 N–H and O–H groups in total. The highest BCUT2D eigenvalue weighted by atomic mass is 32.1. The largest absolute Gasteiger partial charge is 0.462 e. The average molecular weight is 354 g/mol. The van der Waals surface area contributed by atoms with Crippen LogP contribution in [0.15, 0.2) is 52.5 Å². The summed E-state index contributed by atoms with van der Waals surface area (Å²) < 4.78 is 5.34. The standard InChI is InChI=1S/C20H22N2O2S/c1-14-6-4-7-15(10-14)20(2,3)13-21-18(23)11-16-12-25-19(22-16)17-8-5-9-24-17/h4-10,12H,11,13H2,1-3H3,(H,21,23). The molecule has 25 heavy (non-hydrogen) atoms. The molecule has 0 aliphatic carbocycles. The van der Waals surface area contributed by atoms with Crippen molar-refractivity contribution < 1.29 is 9.21 Å². The molecule has 1 aromatic carbocycles. The van der Waals surface area contributed by atoms with Crippen molar-refractivity contribution in [3.05, 3.63) is 64.9 Å². The van der Waals surface area contributed by atoms with Gasteiger partial charge in [0.05, 0.1) is 18.4 Å². The molecule has 130 valence electrons. The zero-order chi connectivity index (χ0) is 17.9. The van der Waals surface area contributed by atoms with Crippen molar-refractivity contribution in [2.45, 2.75) is 32.6 Å². The topological polar surface area (TPSA) is 55.1 Å². The second-order valence-electron chi connectivity index (χ2n) is 6.83. The molecule has 4 nitrogen and oxygen atoms in total. The minimum atomic E-state index is -0.122. The SMILES string of the molecule is Cc1cccc(C(C)(C)CNC(=O)Cc2csc(-c3ccco3)n2)c1. The van der Waals surface area contributed by atoms with Crippen LogP contribution in [0.2, 0.25) is 0 Å². The number of hydrogen-bond donors (Lipinski definition) is 1. The summed E-state index contributed by atoms with van der Waals surface area (Å²) in [5.74, 6) is 0.717. The van der Waals surface area contributed by atoms with Gasteiger partial charge in [0.1, 0.15) is 0 Å². The summed E-state index contributed by atoms with van der Waals surface area (Å²) in [7, 11) is 0. The molecule has 0 unspecified atom stereocenters. The van der Waals surface area contributed by atoms with Gasteiger partial charge in [0.25, 0.3) is 0 Å². The second-order valence-corrected chi connectivity index (χ2v) is 7.69. The lowest BCUT2D eigenvalue weighted by Crippen LogP contribution is -2.37. The number of benzene rings is 1. The Balaban J connectivity index is 1.58. The highest BCUT2D eigenvalue weighted by Crippen LogP contribution is 2.25. The van der Waals surface area contributed by atoms with Crippen molar-refractivity contribution in [1.82, 2.24) is 10.3 Å². The summed E-state index contributed by atoms with van der Waals surface area (Å²) in [6, 6.07) is 12.1. The summed E-state index contributed by atoms with van der Waals surface area (Å²) in [6.07, 6.45) is 1.90. The number of carbonyl (C=O) groups is 1. The van der Waals surface area contributed by atoms with Crippen molar-refractivity contribution in [3.8, 4) is 10.8 Å². The molecule has 0 atom stereocenters. The van der Waals surface area contributed by atoms with Crippen LogP contribution < -0.4 is 5.32 Å². The van der Waals surface area contributed by atoms with Crippen LogP contribution in [-0.4, -0.2) is 17.4 Å². The molecule has 2 aromatic heterocycles. The third kappa shape index (κ3) is 4.37. The van der Waals surface area contributed by atoms with E-state index in [1.165, 1.54) is 22.5 Å². The first-order valence-corrected chi connectivity index (χ1v) is 9.14. The number of nitrogens with one attached hydrogen (secondary N) is 1. The minimum absolute atomic E-state index is 0.0166. The van der Waals surface area contributed by atoms with E-state index in [1.54, 1.807) is 6.26 Å². The van der Waals surface area contributed by atoms with E-state index in [0.717, 1.165) is 16.5 Å². The van der Waals surface area contributed by atoms with Crippen LogP contribution >= 0.6 is 11.3 Å². The van der Waals surface area contributed by atoms with Crippen molar-refractivity contribution >= 4 is 17.2 Å². The van der Waals surface area contributed by atoms with Gasteiger partial charge in [-0.15, -0.1) is 11.3 Å². The molecule has 1 amide bonds. The molecule has 0 aliphatic heterocycles. The Labute approximate surface area is 151 Å². The van der Waals surface area contributed by atoms with E-state index < -0.39 is 0 Å². The highest BCUT2D eigenvalue weighted by molar-refractivity contribution is 7.13. The first-order valence-electron chi connectivity index (χ1n) is 8.26. The van der Waals surface area contributed by atoms with Crippen LogP contribution in [0.4, 0.5) is 0 Å². The third-order valence-electron chi connectivity index (χ3n) is 4.15. The number of nitrogens with zero attached hydrogens (tertiary/aromatic N) is 1.